The Balaban J connectivity index is 4.07. The molecule has 0 aliphatic rings. The summed E-state index contributed by atoms with van der Waals surface area (Å²) < 4.78 is 4.85. The van der Waals surface area contributed by atoms with E-state index in [0.29, 0.717) is 13.0 Å². The lowest BCUT2D eigenvalue weighted by atomic mass is 10.1. The van der Waals surface area contributed by atoms with Crippen LogP contribution >= 0.6 is 0 Å². The van der Waals surface area contributed by atoms with Gasteiger partial charge in [-0.2, -0.15) is 0 Å². The lowest BCUT2D eigenvalue weighted by Crippen LogP contribution is -1.98. The van der Waals surface area contributed by atoms with E-state index in [1.54, 1.807) is 6.08 Å². The molecule has 0 aromatic heterocycles. The maximum Gasteiger partial charge on any atom is 0.302 e. The molecule has 0 radical (unpaired) electrons. The van der Waals surface area contributed by atoms with Crippen LogP contribution < -0.4 is 0 Å². The summed E-state index contributed by atoms with van der Waals surface area (Å²) in [6.07, 6.45) is 7.99. The Bertz CT molecular complexity index is 422. The highest BCUT2D eigenvalue weighted by atomic mass is 16.5. The molecule has 0 spiro atoms. The quantitative estimate of drug-likeness (QED) is 0.380. The average Bonchev–Trinajstić information content (AvgIpc) is 2.26. The van der Waals surface area contributed by atoms with Crippen LogP contribution in [0.1, 0.15) is 53.9 Å². The second-order valence-corrected chi connectivity index (χ2v) is 5.31. The van der Waals surface area contributed by atoms with Crippen LogP contribution in [0.3, 0.4) is 0 Å². The summed E-state index contributed by atoms with van der Waals surface area (Å²) in [4.78, 5) is 22.2. The zero-order valence-electron chi connectivity index (χ0n) is 13.3. The molecule has 0 aromatic rings. The van der Waals surface area contributed by atoms with Gasteiger partial charge < -0.3 is 4.74 Å². The van der Waals surface area contributed by atoms with Gasteiger partial charge in [0.05, 0.1) is 0 Å². The number of ketones is 1. The predicted octanol–water partition coefficient (Wildman–Crippen LogP) is 4.15. The molecule has 0 saturated carbocycles. The van der Waals surface area contributed by atoms with E-state index in [2.05, 4.69) is 6.08 Å². The van der Waals surface area contributed by atoms with Gasteiger partial charge in [-0.3, -0.25) is 9.59 Å². The van der Waals surface area contributed by atoms with Crippen molar-refractivity contribution >= 4 is 11.8 Å². The smallest absolute Gasteiger partial charge is 0.302 e. The van der Waals surface area contributed by atoms with Gasteiger partial charge in [-0.15, -0.1) is 0 Å². The minimum Gasteiger partial charge on any atom is -0.462 e. The van der Waals surface area contributed by atoms with Gasteiger partial charge in [0, 0.05) is 13.3 Å². The molecule has 0 aromatic carbocycles. The maximum atomic E-state index is 11.6. The standard InChI is InChI=1S/C17H26O3/c1-13(2)11-17(19)12-15(4)8-6-7-14(3)9-10-20-16(5)18/h8-9,11H,6-7,10,12H2,1-5H3/b14-9+,15-8+. The van der Waals surface area contributed by atoms with Gasteiger partial charge in [-0.25, -0.2) is 0 Å². The van der Waals surface area contributed by atoms with Crippen molar-refractivity contribution in [3.63, 3.8) is 0 Å². The third kappa shape index (κ3) is 11.5. The summed E-state index contributed by atoms with van der Waals surface area (Å²) in [6, 6.07) is 0. The maximum absolute atomic E-state index is 11.6. The van der Waals surface area contributed by atoms with E-state index in [9.17, 15) is 9.59 Å². The van der Waals surface area contributed by atoms with Crippen LogP contribution in [0.25, 0.3) is 0 Å². The van der Waals surface area contributed by atoms with E-state index >= 15 is 0 Å². The van der Waals surface area contributed by atoms with Crippen molar-refractivity contribution in [2.24, 2.45) is 0 Å². The number of hydrogen-bond acceptors (Lipinski definition) is 3. The molecule has 3 nitrogen and oxygen atoms in total. The van der Waals surface area contributed by atoms with Crippen molar-refractivity contribution in [1.29, 1.82) is 0 Å². The Hall–Kier alpha value is -1.64. The fourth-order valence-electron chi connectivity index (χ4n) is 1.67. The topological polar surface area (TPSA) is 43.4 Å². The van der Waals surface area contributed by atoms with Crippen LogP contribution in [0.4, 0.5) is 0 Å². The minimum absolute atomic E-state index is 0.154. The zero-order chi connectivity index (χ0) is 15.5. The molecule has 0 fully saturated rings. The number of ether oxygens (including phenoxy) is 1. The van der Waals surface area contributed by atoms with Crippen molar-refractivity contribution in [3.05, 3.63) is 34.9 Å². The van der Waals surface area contributed by atoms with E-state index in [4.69, 9.17) is 4.74 Å². The molecule has 0 atom stereocenters. The van der Waals surface area contributed by atoms with Gasteiger partial charge in [-0.05, 0) is 52.7 Å². The molecule has 0 amide bonds. The number of rotatable bonds is 8. The van der Waals surface area contributed by atoms with Crippen LogP contribution in [0, 0.1) is 0 Å². The first-order valence-electron chi connectivity index (χ1n) is 6.93. The number of allylic oxidation sites excluding steroid dienone is 5. The molecule has 0 bridgehead atoms. The largest absolute Gasteiger partial charge is 0.462 e. The molecule has 0 N–H and O–H groups in total. The third-order valence-corrected chi connectivity index (χ3v) is 2.65. The first kappa shape index (κ1) is 18.4. The average molecular weight is 278 g/mol. The molecule has 0 unspecified atom stereocenters. The van der Waals surface area contributed by atoms with Gasteiger partial charge in [0.25, 0.3) is 0 Å². The summed E-state index contributed by atoms with van der Waals surface area (Å²) in [5.41, 5.74) is 3.32. The van der Waals surface area contributed by atoms with Crippen LogP contribution in [-0.2, 0) is 14.3 Å². The Morgan fingerprint density at radius 3 is 2.15 bits per heavy atom. The highest BCUT2D eigenvalue weighted by Crippen LogP contribution is 2.09. The molecule has 112 valence electrons. The fourth-order valence-corrected chi connectivity index (χ4v) is 1.67. The predicted molar refractivity (Wildman–Crippen MR) is 82.4 cm³/mol. The van der Waals surface area contributed by atoms with Gasteiger partial charge in [0.15, 0.2) is 5.78 Å². The van der Waals surface area contributed by atoms with Crippen molar-refractivity contribution in [3.8, 4) is 0 Å². The number of carbonyl (C=O) groups is 2. The fraction of sp³-hybridized carbons (Fsp3) is 0.529. The Labute approximate surface area is 122 Å². The van der Waals surface area contributed by atoms with Crippen molar-refractivity contribution < 1.29 is 14.3 Å². The van der Waals surface area contributed by atoms with E-state index in [0.717, 1.165) is 24.0 Å². The highest BCUT2D eigenvalue weighted by Gasteiger charge is 1.99. The SMILES string of the molecule is CC(=O)OC/C=C(\C)CC/C=C(\C)CC(=O)C=C(C)C. The summed E-state index contributed by atoms with van der Waals surface area (Å²) >= 11 is 0. The van der Waals surface area contributed by atoms with E-state index < -0.39 is 0 Å². The number of esters is 1. The van der Waals surface area contributed by atoms with Crippen LogP contribution in [0.15, 0.2) is 34.9 Å². The van der Waals surface area contributed by atoms with Crippen LogP contribution in [0.5, 0.6) is 0 Å². The summed E-state index contributed by atoms with van der Waals surface area (Å²) in [5, 5.41) is 0. The molecule has 0 saturated heterocycles. The number of carbonyl (C=O) groups excluding carboxylic acids is 2. The second-order valence-electron chi connectivity index (χ2n) is 5.31. The normalized spacial score (nSPS) is 12.1. The summed E-state index contributed by atoms with van der Waals surface area (Å²) in [7, 11) is 0. The Morgan fingerprint density at radius 2 is 1.60 bits per heavy atom. The summed E-state index contributed by atoms with van der Waals surface area (Å²) in [5.74, 6) is -0.108. The zero-order valence-corrected chi connectivity index (χ0v) is 13.3. The first-order valence-corrected chi connectivity index (χ1v) is 6.93. The molecule has 0 aliphatic heterocycles. The molecule has 0 heterocycles. The molecular weight excluding hydrogens is 252 g/mol. The van der Waals surface area contributed by atoms with E-state index in [1.165, 1.54) is 12.5 Å². The van der Waals surface area contributed by atoms with Gasteiger partial charge >= 0.3 is 5.97 Å². The van der Waals surface area contributed by atoms with Crippen molar-refractivity contribution in [2.75, 3.05) is 6.61 Å². The molecular formula is C17H26O3. The second kappa shape index (κ2) is 10.2. The molecule has 0 aliphatic carbocycles. The summed E-state index contributed by atoms with van der Waals surface area (Å²) in [6.45, 7) is 9.58. The monoisotopic (exact) mass is 278 g/mol. The van der Waals surface area contributed by atoms with Gasteiger partial charge in [0.2, 0.25) is 0 Å². The minimum atomic E-state index is -0.262. The van der Waals surface area contributed by atoms with Crippen LogP contribution in [0.2, 0.25) is 0 Å². The lowest BCUT2D eigenvalue weighted by Gasteiger charge is -2.02. The Kier molecular flexibility index (Phi) is 9.35. The van der Waals surface area contributed by atoms with E-state index in [-0.39, 0.29) is 11.8 Å². The molecule has 0 rings (SSSR count). The van der Waals surface area contributed by atoms with E-state index in [1.807, 2.05) is 33.8 Å². The highest BCUT2D eigenvalue weighted by molar-refractivity contribution is 5.91. The molecule has 20 heavy (non-hydrogen) atoms. The lowest BCUT2D eigenvalue weighted by molar-refractivity contribution is -0.139. The molecule has 3 heteroatoms. The number of hydrogen-bond donors (Lipinski definition) is 0. The van der Waals surface area contributed by atoms with Crippen LogP contribution in [-0.4, -0.2) is 18.4 Å². The first-order chi connectivity index (χ1) is 9.31. The Morgan fingerprint density at radius 1 is 0.950 bits per heavy atom. The van der Waals surface area contributed by atoms with Crippen molar-refractivity contribution in [1.82, 2.24) is 0 Å². The van der Waals surface area contributed by atoms with Gasteiger partial charge in [-0.1, -0.05) is 22.8 Å². The van der Waals surface area contributed by atoms with Crippen molar-refractivity contribution in [2.45, 2.75) is 53.9 Å². The van der Waals surface area contributed by atoms with Gasteiger partial charge in [0.1, 0.15) is 6.61 Å². The third-order valence-electron chi connectivity index (χ3n) is 2.65.